The largest absolute Gasteiger partial charge is 0.478 e. The Labute approximate surface area is 147 Å². The molecule has 25 heavy (non-hydrogen) atoms. The van der Waals surface area contributed by atoms with Gasteiger partial charge in [0.25, 0.3) is 5.91 Å². The second-order valence-corrected chi connectivity index (χ2v) is 6.39. The molecule has 0 atom stereocenters. The molecule has 0 saturated carbocycles. The highest BCUT2D eigenvalue weighted by Crippen LogP contribution is 2.14. The standard InChI is InChI=1S/C20H22N2O3/c23-19(16-6-8-17(9-7-16)20(24)25)21-18-10-12-22(13-11-18)14-15-4-2-1-3-5-15/h1-9,18H,10-14H2,(H,21,23)(H,24,25). The number of carboxylic acids is 1. The van der Waals surface area contributed by atoms with Crippen LogP contribution in [-0.4, -0.2) is 41.0 Å². The smallest absolute Gasteiger partial charge is 0.335 e. The molecule has 0 aliphatic carbocycles. The van der Waals surface area contributed by atoms with Crippen LogP contribution in [0.5, 0.6) is 0 Å². The Balaban J connectivity index is 1.48. The second-order valence-electron chi connectivity index (χ2n) is 6.39. The SMILES string of the molecule is O=C(O)c1ccc(C(=O)NC2CCN(Cc3ccccc3)CC2)cc1. The van der Waals surface area contributed by atoms with Gasteiger partial charge in [-0.3, -0.25) is 9.69 Å². The van der Waals surface area contributed by atoms with Gasteiger partial charge in [-0.15, -0.1) is 0 Å². The zero-order chi connectivity index (χ0) is 17.6. The van der Waals surface area contributed by atoms with E-state index in [2.05, 4.69) is 34.5 Å². The van der Waals surface area contributed by atoms with E-state index in [4.69, 9.17) is 5.11 Å². The number of aromatic carboxylic acids is 1. The van der Waals surface area contributed by atoms with Crippen molar-refractivity contribution in [3.63, 3.8) is 0 Å². The molecule has 130 valence electrons. The molecule has 0 bridgehead atoms. The Morgan fingerprint density at radius 1 is 0.960 bits per heavy atom. The molecule has 3 rings (SSSR count). The van der Waals surface area contributed by atoms with Crippen LogP contribution in [0.25, 0.3) is 0 Å². The van der Waals surface area contributed by atoms with Crippen LogP contribution in [0.1, 0.15) is 39.1 Å². The summed E-state index contributed by atoms with van der Waals surface area (Å²) in [5.74, 6) is -1.13. The Hall–Kier alpha value is -2.66. The van der Waals surface area contributed by atoms with Crippen LogP contribution in [0.3, 0.4) is 0 Å². The highest BCUT2D eigenvalue weighted by Gasteiger charge is 2.21. The van der Waals surface area contributed by atoms with E-state index < -0.39 is 5.97 Å². The number of carboxylic acid groups (broad SMARTS) is 1. The first kappa shape index (κ1) is 17.2. The van der Waals surface area contributed by atoms with Crippen LogP contribution in [-0.2, 0) is 6.54 Å². The summed E-state index contributed by atoms with van der Waals surface area (Å²) in [6, 6.07) is 16.6. The summed E-state index contributed by atoms with van der Waals surface area (Å²) >= 11 is 0. The molecule has 0 radical (unpaired) electrons. The molecule has 1 amide bonds. The molecule has 1 aliphatic heterocycles. The van der Waals surface area contributed by atoms with Gasteiger partial charge in [0.05, 0.1) is 5.56 Å². The monoisotopic (exact) mass is 338 g/mol. The van der Waals surface area contributed by atoms with Crippen LogP contribution in [0.2, 0.25) is 0 Å². The third-order valence-electron chi connectivity index (χ3n) is 4.57. The van der Waals surface area contributed by atoms with Crippen molar-refractivity contribution in [2.45, 2.75) is 25.4 Å². The third-order valence-corrected chi connectivity index (χ3v) is 4.57. The Bertz CT molecular complexity index is 720. The van der Waals surface area contributed by atoms with Crippen molar-refractivity contribution >= 4 is 11.9 Å². The van der Waals surface area contributed by atoms with Gasteiger partial charge >= 0.3 is 5.97 Å². The normalized spacial score (nSPS) is 15.7. The fraction of sp³-hybridized carbons (Fsp3) is 0.300. The molecule has 5 heteroatoms. The number of nitrogens with zero attached hydrogens (tertiary/aromatic N) is 1. The minimum absolute atomic E-state index is 0.140. The number of rotatable bonds is 5. The van der Waals surface area contributed by atoms with E-state index in [0.717, 1.165) is 32.5 Å². The minimum Gasteiger partial charge on any atom is -0.478 e. The van der Waals surface area contributed by atoms with Crippen molar-refractivity contribution in [2.24, 2.45) is 0 Å². The Morgan fingerprint density at radius 3 is 2.16 bits per heavy atom. The number of carbonyl (C=O) groups is 2. The number of hydrogen-bond donors (Lipinski definition) is 2. The number of hydrogen-bond acceptors (Lipinski definition) is 3. The number of piperidine rings is 1. The van der Waals surface area contributed by atoms with Gasteiger partial charge in [-0.2, -0.15) is 0 Å². The Morgan fingerprint density at radius 2 is 1.56 bits per heavy atom. The summed E-state index contributed by atoms with van der Waals surface area (Å²) in [6.07, 6.45) is 1.84. The number of amides is 1. The zero-order valence-corrected chi connectivity index (χ0v) is 14.0. The molecule has 1 aliphatic rings. The maximum atomic E-state index is 12.3. The van der Waals surface area contributed by atoms with Crippen LogP contribution in [0.15, 0.2) is 54.6 Å². The lowest BCUT2D eigenvalue weighted by molar-refractivity contribution is 0.0696. The van der Waals surface area contributed by atoms with E-state index in [1.807, 2.05) is 6.07 Å². The van der Waals surface area contributed by atoms with Gasteiger partial charge in [-0.25, -0.2) is 4.79 Å². The molecule has 5 nitrogen and oxygen atoms in total. The summed E-state index contributed by atoms with van der Waals surface area (Å²) in [5.41, 5.74) is 1.99. The van der Waals surface area contributed by atoms with E-state index in [-0.39, 0.29) is 17.5 Å². The number of likely N-dealkylation sites (tertiary alicyclic amines) is 1. The molecular weight excluding hydrogens is 316 g/mol. The van der Waals surface area contributed by atoms with Crippen molar-refractivity contribution in [3.05, 3.63) is 71.3 Å². The first-order valence-corrected chi connectivity index (χ1v) is 8.52. The predicted octanol–water partition coefficient (Wildman–Crippen LogP) is 2.78. The lowest BCUT2D eigenvalue weighted by Crippen LogP contribution is -2.44. The number of carbonyl (C=O) groups excluding carboxylic acids is 1. The fourth-order valence-electron chi connectivity index (χ4n) is 3.11. The van der Waals surface area contributed by atoms with Gasteiger partial charge in [0.15, 0.2) is 0 Å². The molecule has 1 heterocycles. The van der Waals surface area contributed by atoms with Gasteiger partial charge in [0.2, 0.25) is 0 Å². The third kappa shape index (κ3) is 4.67. The summed E-state index contributed by atoms with van der Waals surface area (Å²) in [7, 11) is 0. The average Bonchev–Trinajstić information content (AvgIpc) is 2.64. The van der Waals surface area contributed by atoms with Crippen molar-refractivity contribution in [3.8, 4) is 0 Å². The van der Waals surface area contributed by atoms with Gasteiger partial charge < -0.3 is 10.4 Å². The quantitative estimate of drug-likeness (QED) is 0.879. The van der Waals surface area contributed by atoms with E-state index in [1.165, 1.54) is 17.7 Å². The molecule has 0 spiro atoms. The summed E-state index contributed by atoms with van der Waals surface area (Å²) in [5, 5.41) is 12.0. The highest BCUT2D eigenvalue weighted by atomic mass is 16.4. The summed E-state index contributed by atoms with van der Waals surface area (Å²) in [4.78, 5) is 25.6. The van der Waals surface area contributed by atoms with Crippen molar-refractivity contribution < 1.29 is 14.7 Å². The predicted molar refractivity (Wildman–Crippen MR) is 95.6 cm³/mol. The summed E-state index contributed by atoms with van der Waals surface area (Å²) in [6.45, 7) is 2.85. The van der Waals surface area contributed by atoms with Crippen LogP contribution in [0, 0.1) is 0 Å². The number of nitrogens with one attached hydrogen (secondary N) is 1. The van der Waals surface area contributed by atoms with Crippen LogP contribution in [0.4, 0.5) is 0 Å². The van der Waals surface area contributed by atoms with Gasteiger partial charge in [0.1, 0.15) is 0 Å². The lowest BCUT2D eigenvalue weighted by atomic mass is 10.0. The second kappa shape index (κ2) is 7.94. The van der Waals surface area contributed by atoms with E-state index in [0.29, 0.717) is 5.56 Å². The van der Waals surface area contributed by atoms with Gasteiger partial charge in [0, 0.05) is 31.2 Å². The van der Waals surface area contributed by atoms with Crippen molar-refractivity contribution in [1.82, 2.24) is 10.2 Å². The molecule has 1 fully saturated rings. The molecule has 2 aromatic rings. The molecule has 2 N–H and O–H groups in total. The van der Waals surface area contributed by atoms with Crippen molar-refractivity contribution in [2.75, 3.05) is 13.1 Å². The molecule has 1 saturated heterocycles. The van der Waals surface area contributed by atoms with Gasteiger partial charge in [-0.1, -0.05) is 30.3 Å². The molecule has 0 unspecified atom stereocenters. The van der Waals surface area contributed by atoms with Gasteiger partial charge in [-0.05, 0) is 42.7 Å². The summed E-state index contributed by atoms with van der Waals surface area (Å²) < 4.78 is 0. The number of benzene rings is 2. The van der Waals surface area contributed by atoms with Crippen LogP contribution >= 0.6 is 0 Å². The van der Waals surface area contributed by atoms with E-state index in [1.54, 1.807) is 12.1 Å². The average molecular weight is 338 g/mol. The molecule has 0 aromatic heterocycles. The van der Waals surface area contributed by atoms with E-state index >= 15 is 0 Å². The lowest BCUT2D eigenvalue weighted by Gasteiger charge is -2.32. The Kier molecular flexibility index (Phi) is 5.46. The maximum Gasteiger partial charge on any atom is 0.335 e. The fourth-order valence-corrected chi connectivity index (χ4v) is 3.11. The zero-order valence-electron chi connectivity index (χ0n) is 14.0. The maximum absolute atomic E-state index is 12.3. The van der Waals surface area contributed by atoms with Crippen LogP contribution < -0.4 is 5.32 Å². The first-order chi connectivity index (χ1) is 12.1. The molecule has 2 aromatic carbocycles. The highest BCUT2D eigenvalue weighted by molar-refractivity contribution is 5.96. The van der Waals surface area contributed by atoms with Crippen molar-refractivity contribution in [1.29, 1.82) is 0 Å². The van der Waals surface area contributed by atoms with E-state index in [9.17, 15) is 9.59 Å². The molecular formula is C20H22N2O3. The first-order valence-electron chi connectivity index (χ1n) is 8.52. The topological polar surface area (TPSA) is 69.6 Å². The minimum atomic E-state index is -0.988.